The number of nitrogens with zero attached hydrogens (tertiary/aromatic N) is 2. The highest BCUT2D eigenvalue weighted by atomic mass is 16.6. The number of hydrogen-bond acceptors (Lipinski definition) is 3. The first-order chi connectivity index (χ1) is 11.8. The van der Waals surface area contributed by atoms with Gasteiger partial charge >= 0.3 is 6.09 Å². The fourth-order valence-corrected chi connectivity index (χ4v) is 2.63. The van der Waals surface area contributed by atoms with Crippen LogP contribution in [0.1, 0.15) is 20.8 Å². The number of aromatic nitrogens is 1. The molecule has 3 rings (SSSR count). The number of rotatable bonds is 2. The molecule has 25 heavy (non-hydrogen) atoms. The lowest BCUT2D eigenvalue weighted by atomic mass is 10.0. The molecule has 1 heterocycles. The summed E-state index contributed by atoms with van der Waals surface area (Å²) < 4.78 is 5.40. The van der Waals surface area contributed by atoms with Gasteiger partial charge in [-0.15, -0.1) is 0 Å². The largest absolute Gasteiger partial charge is 0.443 e. The maximum absolute atomic E-state index is 12.2. The van der Waals surface area contributed by atoms with Crippen molar-refractivity contribution in [2.24, 2.45) is 0 Å². The number of fused-ring (bicyclic) bond motifs is 1. The van der Waals surface area contributed by atoms with Crippen molar-refractivity contribution in [3.8, 4) is 11.3 Å². The Balaban J connectivity index is 1.88. The molecule has 0 atom stereocenters. The second-order valence-electron chi connectivity index (χ2n) is 6.97. The number of pyridine rings is 1. The molecular weight excluding hydrogens is 312 g/mol. The summed E-state index contributed by atoms with van der Waals surface area (Å²) in [6.07, 6.45) is 1.45. The van der Waals surface area contributed by atoms with E-state index < -0.39 is 5.60 Å². The minimum atomic E-state index is -0.516. The summed E-state index contributed by atoms with van der Waals surface area (Å²) >= 11 is 0. The highest BCUT2D eigenvalue weighted by molar-refractivity contribution is 5.95. The van der Waals surface area contributed by atoms with E-state index in [-0.39, 0.29) is 6.09 Å². The highest BCUT2D eigenvalue weighted by Crippen LogP contribution is 2.28. The molecule has 0 aliphatic heterocycles. The van der Waals surface area contributed by atoms with Gasteiger partial charge in [-0.05, 0) is 44.4 Å². The van der Waals surface area contributed by atoms with Gasteiger partial charge in [0, 0.05) is 29.9 Å². The summed E-state index contributed by atoms with van der Waals surface area (Å²) in [4.78, 5) is 18.2. The molecule has 0 radical (unpaired) electrons. The number of benzene rings is 2. The Kier molecular flexibility index (Phi) is 4.45. The Morgan fingerprint density at radius 2 is 1.68 bits per heavy atom. The van der Waals surface area contributed by atoms with Crippen LogP contribution in [0, 0.1) is 0 Å². The van der Waals surface area contributed by atoms with Crippen molar-refractivity contribution in [3.63, 3.8) is 0 Å². The number of ether oxygens (including phenoxy) is 1. The molecule has 4 heteroatoms. The van der Waals surface area contributed by atoms with E-state index >= 15 is 0 Å². The van der Waals surface area contributed by atoms with Crippen LogP contribution in [0.2, 0.25) is 0 Å². The first-order valence-electron chi connectivity index (χ1n) is 8.26. The summed E-state index contributed by atoms with van der Waals surface area (Å²) in [5.41, 5.74) is 2.21. The van der Waals surface area contributed by atoms with Crippen LogP contribution in [0.3, 0.4) is 0 Å². The van der Waals surface area contributed by atoms with Gasteiger partial charge in [-0.1, -0.05) is 36.4 Å². The number of amides is 1. The van der Waals surface area contributed by atoms with Gasteiger partial charge in [0.05, 0.1) is 5.69 Å². The maximum atomic E-state index is 12.2. The second kappa shape index (κ2) is 6.55. The minimum Gasteiger partial charge on any atom is -0.443 e. The van der Waals surface area contributed by atoms with Crippen molar-refractivity contribution >= 4 is 22.6 Å². The molecule has 0 aliphatic carbocycles. The van der Waals surface area contributed by atoms with E-state index in [0.717, 1.165) is 27.7 Å². The van der Waals surface area contributed by atoms with E-state index in [1.807, 2.05) is 69.4 Å². The molecule has 1 amide bonds. The van der Waals surface area contributed by atoms with Gasteiger partial charge in [0.15, 0.2) is 0 Å². The zero-order valence-electron chi connectivity index (χ0n) is 15.0. The van der Waals surface area contributed by atoms with E-state index in [2.05, 4.69) is 17.1 Å². The lowest BCUT2D eigenvalue weighted by Gasteiger charge is -2.24. The van der Waals surface area contributed by atoms with E-state index in [9.17, 15) is 4.79 Å². The van der Waals surface area contributed by atoms with Crippen molar-refractivity contribution < 1.29 is 9.53 Å². The molecule has 0 saturated carbocycles. The van der Waals surface area contributed by atoms with Gasteiger partial charge in [-0.25, -0.2) is 4.79 Å². The Morgan fingerprint density at radius 1 is 1.00 bits per heavy atom. The smallest absolute Gasteiger partial charge is 0.414 e. The van der Waals surface area contributed by atoms with Crippen molar-refractivity contribution in [2.45, 2.75) is 26.4 Å². The quantitative estimate of drug-likeness (QED) is 0.641. The van der Waals surface area contributed by atoms with Crippen LogP contribution in [0.4, 0.5) is 10.5 Å². The molecule has 1 aromatic heterocycles. The monoisotopic (exact) mass is 334 g/mol. The number of anilines is 1. The van der Waals surface area contributed by atoms with Gasteiger partial charge in [-0.2, -0.15) is 0 Å². The molecular formula is C21H22N2O2. The van der Waals surface area contributed by atoms with Gasteiger partial charge in [-0.3, -0.25) is 9.88 Å². The fourth-order valence-electron chi connectivity index (χ4n) is 2.63. The van der Waals surface area contributed by atoms with Crippen LogP contribution in [0.5, 0.6) is 0 Å². The molecule has 0 saturated heterocycles. The SMILES string of the molecule is CN(C(=O)OC(C)(C)C)c1ccc(-c2nccc3ccccc23)cc1. The molecule has 128 valence electrons. The molecule has 0 unspecified atom stereocenters. The summed E-state index contributed by atoms with van der Waals surface area (Å²) in [5.74, 6) is 0. The van der Waals surface area contributed by atoms with Crippen molar-refractivity contribution in [2.75, 3.05) is 11.9 Å². The second-order valence-corrected chi connectivity index (χ2v) is 6.97. The van der Waals surface area contributed by atoms with Crippen LogP contribution in [0.15, 0.2) is 60.8 Å². The maximum Gasteiger partial charge on any atom is 0.414 e. The van der Waals surface area contributed by atoms with E-state index in [1.54, 1.807) is 7.05 Å². The minimum absolute atomic E-state index is 0.372. The fraction of sp³-hybridized carbons (Fsp3) is 0.238. The number of hydrogen-bond donors (Lipinski definition) is 0. The molecule has 0 bridgehead atoms. The average molecular weight is 334 g/mol. The molecule has 0 N–H and O–H groups in total. The summed E-state index contributed by atoms with van der Waals surface area (Å²) in [7, 11) is 1.71. The molecule has 0 spiro atoms. The normalized spacial score (nSPS) is 11.4. The third kappa shape index (κ3) is 3.79. The standard InChI is InChI=1S/C21H22N2O2/c1-21(2,3)25-20(24)23(4)17-11-9-16(10-12-17)19-18-8-6-5-7-15(18)13-14-22-19/h5-14H,1-4H3. The van der Waals surface area contributed by atoms with Crippen LogP contribution in [-0.4, -0.2) is 23.7 Å². The molecule has 2 aromatic carbocycles. The Hall–Kier alpha value is -2.88. The Bertz CT molecular complexity index is 890. The average Bonchev–Trinajstić information content (AvgIpc) is 2.59. The van der Waals surface area contributed by atoms with Crippen molar-refractivity contribution in [1.29, 1.82) is 0 Å². The zero-order chi connectivity index (χ0) is 18.0. The van der Waals surface area contributed by atoms with E-state index in [0.29, 0.717) is 0 Å². The molecule has 0 fully saturated rings. The first kappa shape index (κ1) is 17.0. The molecule has 4 nitrogen and oxygen atoms in total. The van der Waals surface area contributed by atoms with Gasteiger partial charge < -0.3 is 4.74 Å². The third-order valence-electron chi connectivity index (χ3n) is 3.87. The highest BCUT2D eigenvalue weighted by Gasteiger charge is 2.20. The van der Waals surface area contributed by atoms with Crippen LogP contribution >= 0.6 is 0 Å². The first-order valence-corrected chi connectivity index (χ1v) is 8.26. The third-order valence-corrected chi connectivity index (χ3v) is 3.87. The summed E-state index contributed by atoms with van der Waals surface area (Å²) in [6.45, 7) is 5.57. The molecule has 3 aromatic rings. The molecule has 0 aliphatic rings. The Labute approximate surface area is 148 Å². The summed E-state index contributed by atoms with van der Waals surface area (Å²) in [5, 5.41) is 2.26. The van der Waals surface area contributed by atoms with Gasteiger partial charge in [0.25, 0.3) is 0 Å². The Morgan fingerprint density at radius 3 is 2.36 bits per heavy atom. The topological polar surface area (TPSA) is 42.4 Å². The summed E-state index contributed by atoms with van der Waals surface area (Å²) in [6, 6.07) is 17.9. The number of carbonyl (C=O) groups excluding carboxylic acids is 1. The van der Waals surface area contributed by atoms with Crippen LogP contribution in [0.25, 0.3) is 22.0 Å². The van der Waals surface area contributed by atoms with Crippen LogP contribution < -0.4 is 4.90 Å². The number of carbonyl (C=O) groups is 1. The van der Waals surface area contributed by atoms with Crippen LogP contribution in [-0.2, 0) is 4.74 Å². The van der Waals surface area contributed by atoms with E-state index in [1.165, 1.54) is 4.90 Å². The lowest BCUT2D eigenvalue weighted by molar-refractivity contribution is 0.0589. The van der Waals surface area contributed by atoms with E-state index in [4.69, 9.17) is 4.74 Å². The van der Waals surface area contributed by atoms with Gasteiger partial charge in [0.1, 0.15) is 5.60 Å². The lowest BCUT2D eigenvalue weighted by Crippen LogP contribution is -2.34. The van der Waals surface area contributed by atoms with Crippen molar-refractivity contribution in [1.82, 2.24) is 4.98 Å². The van der Waals surface area contributed by atoms with Gasteiger partial charge in [0.2, 0.25) is 0 Å². The zero-order valence-corrected chi connectivity index (χ0v) is 15.0. The predicted octanol–water partition coefficient (Wildman–Crippen LogP) is 5.27. The van der Waals surface area contributed by atoms with Crippen molar-refractivity contribution in [3.05, 3.63) is 60.8 Å². The predicted molar refractivity (Wildman–Crippen MR) is 102 cm³/mol.